The Morgan fingerprint density at radius 2 is 1.94 bits per heavy atom. The lowest BCUT2D eigenvalue weighted by Crippen LogP contribution is -2.42. The molecular weight excluding hydrogens is 542 g/mol. The van der Waals surface area contributed by atoms with Crippen LogP contribution in [0.4, 0.5) is 10.5 Å². The van der Waals surface area contributed by atoms with E-state index in [0.717, 1.165) is 37.6 Å². The van der Waals surface area contributed by atoms with Gasteiger partial charge < -0.3 is 14.2 Å². The summed E-state index contributed by atoms with van der Waals surface area (Å²) in [6.07, 6.45) is 3.56. The van der Waals surface area contributed by atoms with Crippen molar-refractivity contribution in [2.75, 3.05) is 31.2 Å². The Bertz CT molecular complexity index is 1350. The van der Waals surface area contributed by atoms with Crippen molar-refractivity contribution in [3.63, 3.8) is 0 Å². The van der Waals surface area contributed by atoms with Crippen molar-refractivity contribution in [1.82, 2.24) is 9.47 Å². The maximum Gasteiger partial charge on any atom is 0.298 e. The topological polar surface area (TPSA) is 71.9 Å². The number of carbonyl (C=O) groups excluding carboxylic acids is 3. The zero-order valence-electron chi connectivity index (χ0n) is 17.9. The summed E-state index contributed by atoms with van der Waals surface area (Å²) in [5.41, 5.74) is 2.05. The SMILES string of the molecule is O=C(Cn1cc(/C=C2\SC(=O)N(c3cccc(Cl)c3)C2=O)c2cc(Br)ccc21)N1CCOCC1. The largest absolute Gasteiger partial charge is 0.378 e. The van der Waals surface area contributed by atoms with E-state index in [4.69, 9.17) is 16.3 Å². The Kier molecular flexibility index (Phi) is 6.52. The first-order chi connectivity index (χ1) is 16.4. The number of halogens is 2. The first-order valence-electron chi connectivity index (χ1n) is 10.6. The van der Waals surface area contributed by atoms with Gasteiger partial charge in [-0.1, -0.05) is 33.6 Å². The van der Waals surface area contributed by atoms with Gasteiger partial charge in [0.05, 0.1) is 23.8 Å². The summed E-state index contributed by atoms with van der Waals surface area (Å²) in [5.74, 6) is -0.395. The third-order valence-corrected chi connectivity index (χ3v) is 7.29. The van der Waals surface area contributed by atoms with Crippen LogP contribution in [-0.2, 0) is 20.9 Å². The van der Waals surface area contributed by atoms with E-state index in [9.17, 15) is 14.4 Å². The molecule has 2 aliphatic heterocycles. The van der Waals surface area contributed by atoms with Gasteiger partial charge in [0.2, 0.25) is 5.91 Å². The lowest BCUT2D eigenvalue weighted by molar-refractivity contribution is -0.135. The molecule has 0 bridgehead atoms. The van der Waals surface area contributed by atoms with Gasteiger partial charge in [-0.2, -0.15) is 0 Å². The number of carbonyl (C=O) groups is 3. The van der Waals surface area contributed by atoms with Crippen LogP contribution in [0.5, 0.6) is 0 Å². The minimum atomic E-state index is -0.405. The van der Waals surface area contributed by atoms with E-state index in [1.54, 1.807) is 35.2 Å². The van der Waals surface area contributed by atoms with Gasteiger partial charge >= 0.3 is 0 Å². The normalized spacial score (nSPS) is 17.9. The van der Waals surface area contributed by atoms with Gasteiger partial charge in [-0.15, -0.1) is 0 Å². The molecule has 0 saturated carbocycles. The zero-order chi connectivity index (χ0) is 23.8. The van der Waals surface area contributed by atoms with Crippen molar-refractivity contribution in [1.29, 1.82) is 0 Å². The fourth-order valence-electron chi connectivity index (χ4n) is 4.05. The molecule has 0 N–H and O–H groups in total. The second kappa shape index (κ2) is 9.58. The number of anilines is 1. The van der Waals surface area contributed by atoms with Gasteiger partial charge in [0.15, 0.2) is 0 Å². The number of morpholine rings is 1. The summed E-state index contributed by atoms with van der Waals surface area (Å²) in [7, 11) is 0. The highest BCUT2D eigenvalue weighted by Crippen LogP contribution is 2.38. The van der Waals surface area contributed by atoms with Crippen LogP contribution in [0.3, 0.4) is 0 Å². The number of hydrogen-bond acceptors (Lipinski definition) is 5. The van der Waals surface area contributed by atoms with Gasteiger partial charge in [-0.3, -0.25) is 14.4 Å². The highest BCUT2D eigenvalue weighted by molar-refractivity contribution is 9.10. The van der Waals surface area contributed by atoms with Gasteiger partial charge in [-0.05, 0) is 54.2 Å². The molecule has 0 radical (unpaired) electrons. The smallest absolute Gasteiger partial charge is 0.298 e. The molecule has 10 heteroatoms. The fraction of sp³-hybridized carbons (Fsp3) is 0.208. The average molecular weight is 561 g/mol. The molecule has 0 aliphatic carbocycles. The van der Waals surface area contributed by atoms with Crippen molar-refractivity contribution in [2.24, 2.45) is 0 Å². The molecule has 0 spiro atoms. The quantitative estimate of drug-likeness (QED) is 0.413. The number of hydrogen-bond donors (Lipinski definition) is 0. The first kappa shape index (κ1) is 23.2. The molecule has 3 amide bonds. The molecule has 1 aromatic heterocycles. The Labute approximate surface area is 213 Å². The van der Waals surface area contributed by atoms with E-state index in [1.165, 1.54) is 0 Å². The molecule has 2 aromatic carbocycles. The lowest BCUT2D eigenvalue weighted by atomic mass is 10.1. The van der Waals surface area contributed by atoms with E-state index >= 15 is 0 Å². The standard InChI is InChI=1S/C24H19BrClN3O4S/c25-16-4-5-20-19(11-16)15(13-28(20)14-22(30)27-6-8-33-9-7-27)10-21-23(31)29(24(32)34-21)18-3-1-2-17(26)12-18/h1-5,10-13H,6-9,14H2/b21-10-. The van der Waals surface area contributed by atoms with Crippen LogP contribution >= 0.6 is 39.3 Å². The van der Waals surface area contributed by atoms with Crippen LogP contribution < -0.4 is 4.90 Å². The van der Waals surface area contributed by atoms with Crippen molar-refractivity contribution in [3.05, 3.63) is 68.6 Å². The van der Waals surface area contributed by atoms with Gasteiger partial charge in [0, 0.05) is 45.2 Å². The number of fused-ring (bicyclic) bond motifs is 1. The molecule has 2 saturated heterocycles. The van der Waals surface area contributed by atoms with E-state index in [1.807, 2.05) is 29.0 Å². The van der Waals surface area contributed by atoms with E-state index in [0.29, 0.717) is 41.9 Å². The minimum absolute atomic E-state index is 0.0101. The number of thioether (sulfide) groups is 1. The molecule has 7 nitrogen and oxygen atoms in total. The summed E-state index contributed by atoms with van der Waals surface area (Å²) in [5, 5.41) is 0.933. The Morgan fingerprint density at radius 1 is 1.15 bits per heavy atom. The number of aromatic nitrogens is 1. The molecule has 34 heavy (non-hydrogen) atoms. The third-order valence-electron chi connectivity index (χ3n) is 5.69. The predicted molar refractivity (Wildman–Crippen MR) is 137 cm³/mol. The van der Waals surface area contributed by atoms with E-state index in [-0.39, 0.29) is 17.7 Å². The van der Waals surface area contributed by atoms with Crippen molar-refractivity contribution in [2.45, 2.75) is 6.54 Å². The highest BCUT2D eigenvalue weighted by Gasteiger charge is 2.36. The summed E-state index contributed by atoms with van der Waals surface area (Å²) < 4.78 is 8.10. The van der Waals surface area contributed by atoms with Crippen molar-refractivity contribution in [3.8, 4) is 0 Å². The minimum Gasteiger partial charge on any atom is -0.378 e. The summed E-state index contributed by atoms with van der Waals surface area (Å²) in [6, 6.07) is 12.4. The molecule has 3 aromatic rings. The Hall–Kier alpha value is -2.59. The summed E-state index contributed by atoms with van der Waals surface area (Å²) >= 11 is 10.4. The zero-order valence-corrected chi connectivity index (χ0v) is 21.0. The third kappa shape index (κ3) is 4.53. The van der Waals surface area contributed by atoms with E-state index in [2.05, 4.69) is 15.9 Å². The predicted octanol–water partition coefficient (Wildman–Crippen LogP) is 5.16. The number of benzene rings is 2. The molecule has 2 fully saturated rings. The molecule has 3 heterocycles. The number of imide groups is 1. The maximum atomic E-state index is 13.1. The number of ether oxygens (including phenoxy) is 1. The molecule has 0 unspecified atom stereocenters. The van der Waals surface area contributed by atoms with Gasteiger partial charge in [0.25, 0.3) is 11.1 Å². The second-order valence-electron chi connectivity index (χ2n) is 7.86. The second-order valence-corrected chi connectivity index (χ2v) is 10.2. The van der Waals surface area contributed by atoms with Crippen LogP contribution in [0.25, 0.3) is 17.0 Å². The Morgan fingerprint density at radius 3 is 2.71 bits per heavy atom. The monoisotopic (exact) mass is 559 g/mol. The average Bonchev–Trinajstić information content (AvgIpc) is 3.29. The van der Waals surface area contributed by atoms with Crippen LogP contribution in [0, 0.1) is 0 Å². The van der Waals surface area contributed by atoms with Crippen LogP contribution in [0.1, 0.15) is 5.56 Å². The van der Waals surface area contributed by atoms with Gasteiger partial charge in [0.1, 0.15) is 6.54 Å². The fourth-order valence-corrected chi connectivity index (χ4v) is 5.43. The van der Waals surface area contributed by atoms with E-state index < -0.39 is 5.91 Å². The van der Waals surface area contributed by atoms with Crippen molar-refractivity contribution >= 4 is 79.0 Å². The number of rotatable bonds is 4. The lowest BCUT2D eigenvalue weighted by Gasteiger charge is -2.27. The summed E-state index contributed by atoms with van der Waals surface area (Å²) in [4.78, 5) is 41.8. The number of amides is 3. The maximum absolute atomic E-state index is 13.1. The summed E-state index contributed by atoms with van der Waals surface area (Å²) in [6.45, 7) is 2.41. The molecule has 5 rings (SSSR count). The molecule has 2 aliphatic rings. The Balaban J connectivity index is 1.49. The van der Waals surface area contributed by atoms with Crippen molar-refractivity contribution < 1.29 is 19.1 Å². The molecule has 0 atom stereocenters. The molecule has 174 valence electrons. The highest BCUT2D eigenvalue weighted by atomic mass is 79.9. The molecular formula is C24H19BrClN3O4S. The van der Waals surface area contributed by atoms with Crippen LogP contribution in [0.15, 0.2) is 58.0 Å². The number of nitrogens with zero attached hydrogens (tertiary/aromatic N) is 3. The van der Waals surface area contributed by atoms with Gasteiger partial charge in [-0.25, -0.2) is 4.90 Å². The van der Waals surface area contributed by atoms with Crippen LogP contribution in [-0.4, -0.2) is 52.8 Å². The first-order valence-corrected chi connectivity index (χ1v) is 12.6. The van der Waals surface area contributed by atoms with Crippen LogP contribution in [0.2, 0.25) is 5.02 Å².